The molecule has 1 heterocycles. The van der Waals surface area contributed by atoms with Gasteiger partial charge in [-0.3, -0.25) is 9.69 Å². The Kier molecular flexibility index (Phi) is 3.53. The first-order chi connectivity index (χ1) is 6.43. The van der Waals surface area contributed by atoms with E-state index in [1.54, 1.807) is 0 Å². The summed E-state index contributed by atoms with van der Waals surface area (Å²) in [7, 11) is 0. The molecule has 14 heavy (non-hydrogen) atoms. The molecule has 0 radical (unpaired) electrons. The zero-order valence-corrected chi connectivity index (χ0v) is 9.53. The van der Waals surface area contributed by atoms with Crippen molar-refractivity contribution in [2.75, 3.05) is 6.54 Å². The van der Waals surface area contributed by atoms with E-state index in [-0.39, 0.29) is 5.92 Å². The van der Waals surface area contributed by atoms with Crippen molar-refractivity contribution >= 4 is 5.97 Å². The van der Waals surface area contributed by atoms with Gasteiger partial charge in [0.05, 0.1) is 5.92 Å². The molecule has 2 unspecified atom stereocenters. The first-order valence-electron chi connectivity index (χ1n) is 5.42. The fourth-order valence-corrected chi connectivity index (χ4v) is 2.32. The zero-order valence-electron chi connectivity index (χ0n) is 9.53. The fraction of sp³-hybridized carbons (Fsp3) is 0.909. The van der Waals surface area contributed by atoms with Gasteiger partial charge in [-0.15, -0.1) is 0 Å². The van der Waals surface area contributed by atoms with Crippen LogP contribution in [0.1, 0.15) is 34.1 Å². The van der Waals surface area contributed by atoms with Gasteiger partial charge < -0.3 is 5.11 Å². The quantitative estimate of drug-likeness (QED) is 0.753. The number of rotatable bonds is 3. The summed E-state index contributed by atoms with van der Waals surface area (Å²) in [5.74, 6) is -0.259. The predicted molar refractivity (Wildman–Crippen MR) is 56.2 cm³/mol. The smallest absolute Gasteiger partial charge is 0.307 e. The van der Waals surface area contributed by atoms with Crippen molar-refractivity contribution in [1.29, 1.82) is 0 Å². The van der Waals surface area contributed by atoms with E-state index < -0.39 is 5.97 Å². The van der Waals surface area contributed by atoms with Crippen LogP contribution in [0, 0.1) is 11.8 Å². The van der Waals surface area contributed by atoms with Crippen molar-refractivity contribution in [2.45, 2.75) is 46.2 Å². The van der Waals surface area contributed by atoms with E-state index in [9.17, 15) is 4.79 Å². The third kappa shape index (κ3) is 2.27. The molecular formula is C11H21NO2. The number of carbonyl (C=O) groups is 1. The van der Waals surface area contributed by atoms with Gasteiger partial charge in [0.2, 0.25) is 0 Å². The van der Waals surface area contributed by atoms with Crippen molar-refractivity contribution in [3.63, 3.8) is 0 Å². The number of hydrogen-bond donors (Lipinski definition) is 1. The lowest BCUT2D eigenvalue weighted by Gasteiger charge is -2.30. The van der Waals surface area contributed by atoms with Crippen LogP contribution in [0.15, 0.2) is 0 Å². The molecular weight excluding hydrogens is 178 g/mol. The largest absolute Gasteiger partial charge is 0.481 e. The number of carboxylic acid groups (broad SMARTS) is 1. The molecule has 1 aliphatic rings. The molecule has 0 aromatic heterocycles. The van der Waals surface area contributed by atoms with Gasteiger partial charge in [0, 0.05) is 18.6 Å². The maximum absolute atomic E-state index is 10.9. The second kappa shape index (κ2) is 4.30. The third-order valence-corrected chi connectivity index (χ3v) is 3.17. The molecule has 0 aromatic carbocycles. The Morgan fingerprint density at radius 2 is 1.93 bits per heavy atom. The summed E-state index contributed by atoms with van der Waals surface area (Å²) in [5.41, 5.74) is 0. The van der Waals surface area contributed by atoms with Crippen LogP contribution < -0.4 is 0 Å². The van der Waals surface area contributed by atoms with Crippen LogP contribution in [0.2, 0.25) is 0 Å². The molecule has 0 aromatic rings. The van der Waals surface area contributed by atoms with E-state index in [0.29, 0.717) is 18.0 Å². The molecule has 0 bridgehead atoms. The molecule has 1 N–H and O–H groups in total. The number of aliphatic carboxylic acids is 1. The minimum Gasteiger partial charge on any atom is -0.481 e. The molecule has 0 spiro atoms. The summed E-state index contributed by atoms with van der Waals surface area (Å²) < 4.78 is 0. The Bertz CT molecular complexity index is 197. The van der Waals surface area contributed by atoms with Crippen LogP contribution in [0.25, 0.3) is 0 Å². The average molecular weight is 199 g/mol. The number of likely N-dealkylation sites (tertiary alicyclic amines) is 1. The number of nitrogens with zero attached hydrogens (tertiary/aromatic N) is 1. The second-order valence-corrected chi connectivity index (χ2v) is 4.87. The third-order valence-electron chi connectivity index (χ3n) is 3.17. The number of hydrogen-bond acceptors (Lipinski definition) is 2. The van der Waals surface area contributed by atoms with E-state index in [1.165, 1.54) is 0 Å². The van der Waals surface area contributed by atoms with Gasteiger partial charge in [-0.05, 0) is 26.2 Å². The van der Waals surface area contributed by atoms with Gasteiger partial charge in [0.1, 0.15) is 0 Å². The van der Waals surface area contributed by atoms with Crippen molar-refractivity contribution in [3.8, 4) is 0 Å². The van der Waals surface area contributed by atoms with E-state index in [0.717, 1.165) is 13.0 Å². The highest BCUT2D eigenvalue weighted by atomic mass is 16.4. The Balaban J connectivity index is 2.70. The van der Waals surface area contributed by atoms with E-state index in [2.05, 4.69) is 32.6 Å². The molecule has 3 nitrogen and oxygen atoms in total. The average Bonchev–Trinajstić information content (AvgIpc) is 2.47. The Morgan fingerprint density at radius 3 is 2.21 bits per heavy atom. The van der Waals surface area contributed by atoms with Crippen molar-refractivity contribution in [3.05, 3.63) is 0 Å². The normalized spacial score (nSPS) is 29.0. The highest BCUT2D eigenvalue weighted by molar-refractivity contribution is 5.70. The summed E-state index contributed by atoms with van der Waals surface area (Å²) in [5, 5.41) is 8.99. The van der Waals surface area contributed by atoms with Crippen LogP contribution in [0.3, 0.4) is 0 Å². The minimum atomic E-state index is -0.640. The topological polar surface area (TPSA) is 40.5 Å². The van der Waals surface area contributed by atoms with Crippen LogP contribution in [-0.2, 0) is 4.79 Å². The SMILES string of the molecule is CC(C)C1CC(C(=O)O)CN1C(C)C. The van der Waals surface area contributed by atoms with Gasteiger partial charge in [-0.1, -0.05) is 13.8 Å². The first kappa shape index (κ1) is 11.5. The minimum absolute atomic E-state index is 0.162. The second-order valence-electron chi connectivity index (χ2n) is 4.87. The van der Waals surface area contributed by atoms with E-state index in [4.69, 9.17) is 5.11 Å². The Hall–Kier alpha value is -0.570. The van der Waals surface area contributed by atoms with E-state index in [1.807, 2.05) is 0 Å². The lowest BCUT2D eigenvalue weighted by Crippen LogP contribution is -2.38. The standard InChI is InChI=1S/C11H21NO2/c1-7(2)10-5-9(11(13)14)6-12(10)8(3)4/h7-10H,5-6H2,1-4H3,(H,13,14). The maximum Gasteiger partial charge on any atom is 0.307 e. The van der Waals surface area contributed by atoms with Crippen molar-refractivity contribution in [2.24, 2.45) is 11.8 Å². The summed E-state index contributed by atoms with van der Waals surface area (Å²) in [6.07, 6.45) is 0.811. The predicted octanol–water partition coefficient (Wildman–Crippen LogP) is 1.83. The maximum atomic E-state index is 10.9. The highest BCUT2D eigenvalue weighted by Crippen LogP contribution is 2.29. The Labute approximate surface area is 86.1 Å². The van der Waals surface area contributed by atoms with Crippen LogP contribution in [0.5, 0.6) is 0 Å². The van der Waals surface area contributed by atoms with Gasteiger partial charge >= 0.3 is 5.97 Å². The summed E-state index contributed by atoms with van der Waals surface area (Å²) in [6, 6.07) is 0.892. The molecule has 0 amide bonds. The fourth-order valence-electron chi connectivity index (χ4n) is 2.32. The summed E-state index contributed by atoms with van der Waals surface area (Å²) in [4.78, 5) is 13.2. The zero-order chi connectivity index (χ0) is 10.9. The van der Waals surface area contributed by atoms with Crippen LogP contribution in [-0.4, -0.2) is 34.6 Å². The molecule has 1 saturated heterocycles. The van der Waals surface area contributed by atoms with Crippen molar-refractivity contribution < 1.29 is 9.90 Å². The van der Waals surface area contributed by atoms with E-state index >= 15 is 0 Å². The monoisotopic (exact) mass is 199 g/mol. The molecule has 1 aliphatic heterocycles. The first-order valence-corrected chi connectivity index (χ1v) is 5.42. The van der Waals surface area contributed by atoms with Gasteiger partial charge in [0.15, 0.2) is 0 Å². The summed E-state index contributed by atoms with van der Waals surface area (Å²) in [6.45, 7) is 9.34. The Morgan fingerprint density at radius 1 is 1.36 bits per heavy atom. The highest BCUT2D eigenvalue weighted by Gasteiger charge is 2.38. The molecule has 3 heteroatoms. The lowest BCUT2D eigenvalue weighted by atomic mass is 9.97. The van der Waals surface area contributed by atoms with Crippen molar-refractivity contribution in [1.82, 2.24) is 4.90 Å². The van der Waals surface area contributed by atoms with Crippen LogP contribution >= 0.6 is 0 Å². The molecule has 0 aliphatic carbocycles. The molecule has 0 saturated carbocycles. The van der Waals surface area contributed by atoms with Gasteiger partial charge in [0.25, 0.3) is 0 Å². The molecule has 2 atom stereocenters. The molecule has 1 fully saturated rings. The molecule has 1 rings (SSSR count). The van der Waals surface area contributed by atoms with Gasteiger partial charge in [-0.25, -0.2) is 0 Å². The van der Waals surface area contributed by atoms with Crippen LogP contribution in [0.4, 0.5) is 0 Å². The lowest BCUT2D eigenvalue weighted by molar-refractivity contribution is -0.141. The van der Waals surface area contributed by atoms with Gasteiger partial charge in [-0.2, -0.15) is 0 Å². The summed E-state index contributed by atoms with van der Waals surface area (Å²) >= 11 is 0. The molecule has 82 valence electrons. The number of carboxylic acids is 1.